The van der Waals surface area contributed by atoms with E-state index in [9.17, 15) is 0 Å². The van der Waals surface area contributed by atoms with Gasteiger partial charge in [-0.2, -0.15) is 5.10 Å². The van der Waals surface area contributed by atoms with Crippen LogP contribution >= 0.6 is 11.8 Å². The smallest absolute Gasteiger partial charge is 0.142 e. The van der Waals surface area contributed by atoms with Crippen LogP contribution in [0.5, 0.6) is 5.75 Å². The Morgan fingerprint density at radius 2 is 2.22 bits per heavy atom. The fourth-order valence-corrected chi connectivity index (χ4v) is 2.36. The second-order valence-corrected chi connectivity index (χ2v) is 5.11. The molecule has 0 aliphatic carbocycles. The lowest BCUT2D eigenvalue weighted by Crippen LogP contribution is -2.01. The lowest BCUT2D eigenvalue weighted by molar-refractivity contribution is 0.320. The Bertz CT molecular complexity index is 498. The van der Waals surface area contributed by atoms with Crippen molar-refractivity contribution in [2.75, 3.05) is 18.1 Å². The number of nitrogens with two attached hydrogens (primary N) is 1. The first-order valence-corrected chi connectivity index (χ1v) is 6.83. The molecule has 2 aromatic rings. The largest absolute Gasteiger partial charge is 0.491 e. The number of thioether (sulfide) groups is 1. The molecule has 4 nitrogen and oxygen atoms in total. The summed E-state index contributed by atoms with van der Waals surface area (Å²) in [4.78, 5) is 1.19. The fourth-order valence-electron chi connectivity index (χ4n) is 1.52. The van der Waals surface area contributed by atoms with Crippen LogP contribution in [0.15, 0.2) is 41.6 Å². The Kier molecular flexibility index (Phi) is 4.52. The van der Waals surface area contributed by atoms with Gasteiger partial charge in [0.25, 0.3) is 0 Å². The van der Waals surface area contributed by atoms with Crippen LogP contribution in [0.1, 0.15) is 6.42 Å². The molecule has 1 aromatic carbocycles. The Morgan fingerprint density at radius 1 is 1.39 bits per heavy atom. The van der Waals surface area contributed by atoms with Crippen molar-refractivity contribution in [1.82, 2.24) is 9.78 Å². The van der Waals surface area contributed by atoms with Crippen molar-refractivity contribution in [2.24, 2.45) is 7.05 Å². The summed E-state index contributed by atoms with van der Waals surface area (Å²) >= 11 is 1.79. The Morgan fingerprint density at radius 3 is 2.94 bits per heavy atom. The third-order valence-electron chi connectivity index (χ3n) is 2.42. The average Bonchev–Trinajstić information content (AvgIpc) is 2.77. The third-order valence-corrected chi connectivity index (χ3v) is 3.45. The molecule has 96 valence electrons. The minimum atomic E-state index is 0.682. The van der Waals surface area contributed by atoms with Gasteiger partial charge in [0, 0.05) is 23.9 Å². The second kappa shape index (κ2) is 6.35. The predicted molar refractivity (Wildman–Crippen MR) is 74.9 cm³/mol. The van der Waals surface area contributed by atoms with Gasteiger partial charge in [0.1, 0.15) is 5.75 Å². The van der Waals surface area contributed by atoms with Crippen molar-refractivity contribution in [3.05, 3.63) is 36.7 Å². The average molecular weight is 263 g/mol. The molecule has 0 radical (unpaired) electrons. The molecule has 0 unspecified atom stereocenters. The molecule has 1 aromatic heterocycles. The summed E-state index contributed by atoms with van der Waals surface area (Å²) in [5, 5.41) is 4.12. The van der Waals surface area contributed by atoms with Crippen LogP contribution in [0.2, 0.25) is 0 Å². The van der Waals surface area contributed by atoms with Crippen LogP contribution in [-0.2, 0) is 7.05 Å². The van der Waals surface area contributed by atoms with Gasteiger partial charge in [-0.25, -0.2) is 0 Å². The first kappa shape index (κ1) is 12.8. The van der Waals surface area contributed by atoms with Gasteiger partial charge in [0.05, 0.1) is 18.5 Å². The molecule has 2 rings (SSSR count). The van der Waals surface area contributed by atoms with E-state index in [4.69, 9.17) is 10.5 Å². The zero-order valence-corrected chi connectivity index (χ0v) is 11.2. The number of aryl methyl sites for hydroxylation is 1. The van der Waals surface area contributed by atoms with Crippen molar-refractivity contribution >= 4 is 17.4 Å². The number of hydrogen-bond donors (Lipinski definition) is 1. The summed E-state index contributed by atoms with van der Waals surface area (Å²) in [5.41, 5.74) is 6.48. The second-order valence-electron chi connectivity index (χ2n) is 3.94. The van der Waals surface area contributed by atoms with Gasteiger partial charge in [-0.15, -0.1) is 11.8 Å². The van der Waals surface area contributed by atoms with E-state index in [1.807, 2.05) is 48.4 Å². The Balaban J connectivity index is 1.66. The van der Waals surface area contributed by atoms with E-state index < -0.39 is 0 Å². The molecule has 0 aliphatic heterocycles. The molecular weight excluding hydrogens is 246 g/mol. The summed E-state index contributed by atoms with van der Waals surface area (Å²) in [6, 6.07) is 7.57. The maximum Gasteiger partial charge on any atom is 0.142 e. The maximum absolute atomic E-state index is 5.79. The lowest BCUT2D eigenvalue weighted by Gasteiger charge is -2.07. The summed E-state index contributed by atoms with van der Waals surface area (Å²) in [5.74, 6) is 1.78. The van der Waals surface area contributed by atoms with Gasteiger partial charge in [0.15, 0.2) is 0 Å². The number of ether oxygens (including phenoxy) is 1. The monoisotopic (exact) mass is 263 g/mol. The van der Waals surface area contributed by atoms with Crippen molar-refractivity contribution in [3.63, 3.8) is 0 Å². The molecule has 0 spiro atoms. The van der Waals surface area contributed by atoms with Crippen molar-refractivity contribution in [3.8, 4) is 5.75 Å². The molecule has 1 heterocycles. The zero-order chi connectivity index (χ0) is 12.8. The lowest BCUT2D eigenvalue weighted by atomic mass is 10.3. The van der Waals surface area contributed by atoms with Crippen LogP contribution in [0.4, 0.5) is 5.69 Å². The standard InChI is InChI=1S/C13H17N3OS/c1-16-10-11(9-15-16)18-8-4-7-17-13-6-3-2-5-12(13)14/h2-3,5-6,9-10H,4,7-8,14H2,1H3. The maximum atomic E-state index is 5.79. The molecule has 0 bridgehead atoms. The first-order valence-electron chi connectivity index (χ1n) is 5.84. The number of benzene rings is 1. The SMILES string of the molecule is Cn1cc(SCCCOc2ccccc2N)cn1. The molecule has 0 aliphatic rings. The number of anilines is 1. The van der Waals surface area contributed by atoms with E-state index in [1.165, 1.54) is 4.90 Å². The molecule has 0 atom stereocenters. The van der Waals surface area contributed by atoms with Gasteiger partial charge in [0.2, 0.25) is 0 Å². The van der Waals surface area contributed by atoms with E-state index in [-0.39, 0.29) is 0 Å². The summed E-state index contributed by atoms with van der Waals surface area (Å²) < 4.78 is 7.43. The van der Waals surface area contributed by atoms with Gasteiger partial charge >= 0.3 is 0 Å². The number of nitrogen functional groups attached to an aromatic ring is 1. The minimum Gasteiger partial charge on any atom is -0.491 e. The third kappa shape index (κ3) is 3.70. The van der Waals surface area contributed by atoms with Crippen LogP contribution < -0.4 is 10.5 Å². The highest BCUT2D eigenvalue weighted by Gasteiger charge is 1.99. The van der Waals surface area contributed by atoms with E-state index in [0.717, 1.165) is 17.9 Å². The number of hydrogen-bond acceptors (Lipinski definition) is 4. The van der Waals surface area contributed by atoms with Gasteiger partial charge < -0.3 is 10.5 Å². The number of rotatable bonds is 6. The molecule has 0 saturated heterocycles. The highest BCUT2D eigenvalue weighted by atomic mass is 32.2. The van der Waals surface area contributed by atoms with Crippen LogP contribution in [0.3, 0.4) is 0 Å². The summed E-state index contributed by atoms with van der Waals surface area (Å²) in [7, 11) is 1.92. The van der Waals surface area contributed by atoms with E-state index in [1.54, 1.807) is 11.8 Å². The molecule has 0 saturated carbocycles. The van der Waals surface area contributed by atoms with Crippen molar-refractivity contribution in [1.29, 1.82) is 0 Å². The molecule has 5 heteroatoms. The molecule has 0 fully saturated rings. The predicted octanol–water partition coefficient (Wildman–Crippen LogP) is 2.56. The Hall–Kier alpha value is -1.62. The number of nitrogens with zero attached hydrogens (tertiary/aromatic N) is 2. The summed E-state index contributed by atoms with van der Waals surface area (Å²) in [6.45, 7) is 0.682. The van der Waals surface area contributed by atoms with Crippen LogP contribution in [0, 0.1) is 0 Å². The van der Waals surface area contributed by atoms with Gasteiger partial charge in [-0.3, -0.25) is 4.68 Å². The van der Waals surface area contributed by atoms with E-state index in [2.05, 4.69) is 5.10 Å². The minimum absolute atomic E-state index is 0.682. The fraction of sp³-hybridized carbons (Fsp3) is 0.308. The topological polar surface area (TPSA) is 53.1 Å². The first-order chi connectivity index (χ1) is 8.75. The highest BCUT2D eigenvalue weighted by Crippen LogP contribution is 2.21. The Labute approximate surface area is 111 Å². The number of para-hydroxylation sites is 2. The van der Waals surface area contributed by atoms with Gasteiger partial charge in [-0.05, 0) is 18.6 Å². The molecule has 2 N–H and O–H groups in total. The van der Waals surface area contributed by atoms with Crippen molar-refractivity contribution in [2.45, 2.75) is 11.3 Å². The quantitative estimate of drug-likeness (QED) is 0.494. The van der Waals surface area contributed by atoms with E-state index >= 15 is 0 Å². The van der Waals surface area contributed by atoms with Gasteiger partial charge in [-0.1, -0.05) is 12.1 Å². The molecule has 0 amide bonds. The van der Waals surface area contributed by atoms with E-state index in [0.29, 0.717) is 12.3 Å². The summed E-state index contributed by atoms with van der Waals surface area (Å²) in [6.07, 6.45) is 4.87. The normalized spacial score (nSPS) is 10.5. The van der Waals surface area contributed by atoms with Crippen molar-refractivity contribution < 1.29 is 4.74 Å². The molecular formula is C13H17N3OS. The van der Waals surface area contributed by atoms with Crippen LogP contribution in [0.25, 0.3) is 0 Å². The van der Waals surface area contributed by atoms with Crippen LogP contribution in [-0.4, -0.2) is 22.1 Å². The molecule has 18 heavy (non-hydrogen) atoms. The zero-order valence-electron chi connectivity index (χ0n) is 10.4. The number of aromatic nitrogens is 2. The highest BCUT2D eigenvalue weighted by molar-refractivity contribution is 7.99.